The van der Waals surface area contributed by atoms with Crippen molar-refractivity contribution in [3.63, 3.8) is 0 Å². The van der Waals surface area contributed by atoms with E-state index in [0.717, 1.165) is 6.07 Å². The Hall–Kier alpha value is -2.43. The van der Waals surface area contributed by atoms with Gasteiger partial charge in [0.15, 0.2) is 17.3 Å². The summed E-state index contributed by atoms with van der Waals surface area (Å²) in [6, 6.07) is 6.50. The molecular formula is C12H9FO4. The van der Waals surface area contributed by atoms with E-state index in [0.29, 0.717) is 5.56 Å². The van der Waals surface area contributed by atoms with Crippen LogP contribution in [0.2, 0.25) is 0 Å². The third-order valence-electron chi connectivity index (χ3n) is 2.38. The van der Waals surface area contributed by atoms with E-state index in [9.17, 15) is 14.6 Å². The van der Waals surface area contributed by atoms with E-state index in [1.165, 1.54) is 24.3 Å². The molecule has 0 aromatic heterocycles. The topological polar surface area (TPSA) is 80.9 Å². The van der Waals surface area contributed by atoms with Crippen LogP contribution >= 0.6 is 0 Å². The van der Waals surface area contributed by atoms with E-state index in [1.807, 2.05) is 0 Å². The van der Waals surface area contributed by atoms with Gasteiger partial charge in [0.05, 0.1) is 0 Å². The average molecular weight is 236 g/mol. The highest BCUT2D eigenvalue weighted by atomic mass is 19.1. The minimum absolute atomic E-state index is 0.0247. The fourth-order valence-corrected chi connectivity index (χ4v) is 1.48. The molecule has 4 N–H and O–H groups in total. The van der Waals surface area contributed by atoms with Crippen LogP contribution in [-0.2, 0) is 0 Å². The lowest BCUT2D eigenvalue weighted by atomic mass is 10.0. The van der Waals surface area contributed by atoms with Gasteiger partial charge in [-0.05, 0) is 23.8 Å². The molecule has 88 valence electrons. The van der Waals surface area contributed by atoms with Crippen molar-refractivity contribution in [3.05, 3.63) is 36.1 Å². The van der Waals surface area contributed by atoms with Gasteiger partial charge in [-0.1, -0.05) is 12.1 Å². The summed E-state index contributed by atoms with van der Waals surface area (Å²) in [6.45, 7) is 0. The molecule has 0 aliphatic rings. The minimum atomic E-state index is -1.04. The van der Waals surface area contributed by atoms with Crippen molar-refractivity contribution in [2.24, 2.45) is 0 Å². The first kappa shape index (κ1) is 11.1. The van der Waals surface area contributed by atoms with Gasteiger partial charge in [0.1, 0.15) is 5.75 Å². The van der Waals surface area contributed by atoms with Gasteiger partial charge in [0.2, 0.25) is 5.75 Å². The van der Waals surface area contributed by atoms with Crippen molar-refractivity contribution in [2.75, 3.05) is 0 Å². The molecule has 0 aliphatic heterocycles. The fourth-order valence-electron chi connectivity index (χ4n) is 1.48. The van der Waals surface area contributed by atoms with E-state index < -0.39 is 23.1 Å². The Labute approximate surface area is 95.8 Å². The standard InChI is InChI=1S/C12H9FO4/c13-9-5-8(10(15)12(17)11(9)16)6-1-3-7(14)4-2-6/h1-5,14-17H. The summed E-state index contributed by atoms with van der Waals surface area (Å²) in [5.74, 6) is -3.53. The number of benzene rings is 2. The lowest BCUT2D eigenvalue weighted by Gasteiger charge is -2.08. The molecule has 0 radical (unpaired) electrons. The number of hydrogen-bond donors (Lipinski definition) is 4. The Morgan fingerprint density at radius 1 is 0.765 bits per heavy atom. The molecule has 0 saturated carbocycles. The maximum absolute atomic E-state index is 13.2. The van der Waals surface area contributed by atoms with Crippen molar-refractivity contribution in [1.82, 2.24) is 0 Å². The summed E-state index contributed by atoms with van der Waals surface area (Å²) in [4.78, 5) is 0. The summed E-state index contributed by atoms with van der Waals surface area (Å²) in [6.07, 6.45) is 0. The number of aromatic hydroxyl groups is 4. The molecule has 0 fully saturated rings. The molecule has 5 heteroatoms. The van der Waals surface area contributed by atoms with Crippen LogP contribution in [0.5, 0.6) is 23.0 Å². The maximum Gasteiger partial charge on any atom is 0.204 e. The lowest BCUT2D eigenvalue weighted by Crippen LogP contribution is -1.84. The van der Waals surface area contributed by atoms with Gasteiger partial charge in [0, 0.05) is 5.56 Å². The highest BCUT2D eigenvalue weighted by Gasteiger charge is 2.17. The average Bonchev–Trinajstić information content (AvgIpc) is 2.32. The van der Waals surface area contributed by atoms with Crippen molar-refractivity contribution < 1.29 is 24.8 Å². The Kier molecular flexibility index (Phi) is 2.51. The van der Waals surface area contributed by atoms with Gasteiger partial charge in [-0.3, -0.25) is 0 Å². The second kappa shape index (κ2) is 3.86. The number of halogens is 1. The second-order valence-corrected chi connectivity index (χ2v) is 3.50. The Bertz CT molecular complexity index is 564. The predicted octanol–water partition coefficient (Wildman–Crippen LogP) is 2.32. The fraction of sp³-hybridized carbons (Fsp3) is 0. The summed E-state index contributed by atoms with van der Waals surface area (Å²) in [7, 11) is 0. The molecule has 0 bridgehead atoms. The number of rotatable bonds is 1. The molecule has 0 aliphatic carbocycles. The van der Waals surface area contributed by atoms with Gasteiger partial charge in [-0.2, -0.15) is 0 Å². The number of hydrogen-bond acceptors (Lipinski definition) is 4. The van der Waals surface area contributed by atoms with Crippen molar-refractivity contribution in [1.29, 1.82) is 0 Å². The quantitative estimate of drug-likeness (QED) is 0.573. The molecule has 2 rings (SSSR count). The van der Waals surface area contributed by atoms with Gasteiger partial charge in [-0.15, -0.1) is 0 Å². The largest absolute Gasteiger partial charge is 0.508 e. The molecule has 2 aromatic rings. The van der Waals surface area contributed by atoms with Gasteiger partial charge in [-0.25, -0.2) is 4.39 Å². The van der Waals surface area contributed by atoms with Crippen LogP contribution in [0.4, 0.5) is 4.39 Å². The molecule has 0 atom stereocenters. The summed E-state index contributed by atoms with van der Waals surface area (Å²) in [5, 5.41) is 37.1. The van der Waals surface area contributed by atoms with Crippen LogP contribution in [0.25, 0.3) is 11.1 Å². The summed E-state index contributed by atoms with van der Waals surface area (Å²) < 4.78 is 13.2. The van der Waals surface area contributed by atoms with Gasteiger partial charge >= 0.3 is 0 Å². The molecule has 0 heterocycles. The highest BCUT2D eigenvalue weighted by molar-refractivity contribution is 5.75. The first-order valence-corrected chi connectivity index (χ1v) is 4.73. The number of phenolic OH excluding ortho intramolecular Hbond substituents is 4. The zero-order valence-electron chi connectivity index (χ0n) is 8.55. The number of phenols is 4. The van der Waals surface area contributed by atoms with E-state index in [1.54, 1.807) is 0 Å². The predicted molar refractivity (Wildman–Crippen MR) is 58.5 cm³/mol. The van der Waals surface area contributed by atoms with Crippen molar-refractivity contribution in [3.8, 4) is 34.1 Å². The third kappa shape index (κ3) is 1.82. The van der Waals surface area contributed by atoms with Crippen LogP contribution < -0.4 is 0 Å². The molecule has 2 aromatic carbocycles. The van der Waals surface area contributed by atoms with Crippen LogP contribution in [0.15, 0.2) is 30.3 Å². The minimum Gasteiger partial charge on any atom is -0.508 e. The van der Waals surface area contributed by atoms with Crippen LogP contribution in [0.3, 0.4) is 0 Å². The molecular weight excluding hydrogens is 227 g/mol. The smallest absolute Gasteiger partial charge is 0.204 e. The molecule has 0 amide bonds. The Morgan fingerprint density at radius 2 is 1.35 bits per heavy atom. The van der Waals surface area contributed by atoms with Crippen LogP contribution in [-0.4, -0.2) is 20.4 Å². The summed E-state index contributed by atoms with van der Waals surface area (Å²) in [5.41, 5.74) is 0.423. The zero-order chi connectivity index (χ0) is 12.6. The third-order valence-corrected chi connectivity index (χ3v) is 2.38. The zero-order valence-corrected chi connectivity index (χ0v) is 8.55. The first-order valence-electron chi connectivity index (χ1n) is 4.73. The van der Waals surface area contributed by atoms with E-state index in [-0.39, 0.29) is 11.3 Å². The Balaban J connectivity index is 2.64. The van der Waals surface area contributed by atoms with Crippen molar-refractivity contribution >= 4 is 0 Å². The monoisotopic (exact) mass is 236 g/mol. The highest BCUT2D eigenvalue weighted by Crippen LogP contribution is 2.44. The van der Waals surface area contributed by atoms with Crippen LogP contribution in [0.1, 0.15) is 0 Å². The molecule has 17 heavy (non-hydrogen) atoms. The van der Waals surface area contributed by atoms with Crippen LogP contribution in [0, 0.1) is 5.82 Å². The Morgan fingerprint density at radius 3 is 1.94 bits per heavy atom. The first-order chi connectivity index (χ1) is 8.00. The van der Waals surface area contributed by atoms with E-state index in [2.05, 4.69) is 0 Å². The van der Waals surface area contributed by atoms with E-state index in [4.69, 9.17) is 10.2 Å². The van der Waals surface area contributed by atoms with Gasteiger partial charge in [0.25, 0.3) is 0 Å². The summed E-state index contributed by atoms with van der Waals surface area (Å²) >= 11 is 0. The normalized spacial score (nSPS) is 10.4. The lowest BCUT2D eigenvalue weighted by molar-refractivity contribution is 0.352. The van der Waals surface area contributed by atoms with Crippen molar-refractivity contribution in [2.45, 2.75) is 0 Å². The maximum atomic E-state index is 13.2. The molecule has 4 nitrogen and oxygen atoms in total. The molecule has 0 unspecified atom stereocenters. The SMILES string of the molecule is Oc1ccc(-c2cc(F)c(O)c(O)c2O)cc1. The molecule has 0 saturated heterocycles. The van der Waals surface area contributed by atoms with Gasteiger partial charge < -0.3 is 20.4 Å². The van der Waals surface area contributed by atoms with E-state index >= 15 is 0 Å². The second-order valence-electron chi connectivity index (χ2n) is 3.50. The molecule has 0 spiro atoms.